The molecule has 90 valence electrons. The second kappa shape index (κ2) is 8.50. The fourth-order valence-corrected chi connectivity index (χ4v) is 2.45. The maximum absolute atomic E-state index is 5.45. The van der Waals surface area contributed by atoms with Gasteiger partial charge < -0.3 is 14.4 Å². The molecule has 4 heteroatoms. The Hall–Kier alpha value is 0.360. The van der Waals surface area contributed by atoms with Crippen LogP contribution in [0.3, 0.4) is 0 Å². The van der Waals surface area contributed by atoms with Crippen LogP contribution in [0.2, 0.25) is 0 Å². The molecule has 3 nitrogen and oxygen atoms in total. The molecule has 0 aromatic carbocycles. The van der Waals surface area contributed by atoms with Gasteiger partial charge in [0.25, 0.3) is 0 Å². The Kier molecular flexibility index (Phi) is 7.61. The van der Waals surface area contributed by atoms with E-state index >= 15 is 0 Å². The first-order valence-electron chi connectivity index (χ1n) is 5.71. The number of hydrogen-bond donors (Lipinski definition) is 0. The average molecular weight is 280 g/mol. The van der Waals surface area contributed by atoms with Crippen LogP contribution >= 0.6 is 15.9 Å². The molecule has 0 N–H and O–H groups in total. The minimum atomic E-state index is 0.700. The van der Waals surface area contributed by atoms with Gasteiger partial charge in [0, 0.05) is 19.0 Å². The van der Waals surface area contributed by atoms with Crippen molar-refractivity contribution in [1.29, 1.82) is 0 Å². The number of alkyl halides is 1. The number of halogens is 1. The van der Waals surface area contributed by atoms with E-state index in [1.54, 1.807) is 7.11 Å². The SMILES string of the molecule is COCCOCCN1CCC(CBr)CC1. The van der Waals surface area contributed by atoms with Gasteiger partial charge in [-0.05, 0) is 31.8 Å². The van der Waals surface area contributed by atoms with E-state index in [0.29, 0.717) is 13.2 Å². The lowest BCUT2D eigenvalue weighted by molar-refractivity contribution is 0.0518. The highest BCUT2D eigenvalue weighted by molar-refractivity contribution is 9.09. The van der Waals surface area contributed by atoms with E-state index in [4.69, 9.17) is 9.47 Å². The van der Waals surface area contributed by atoms with Crippen LogP contribution < -0.4 is 0 Å². The summed E-state index contributed by atoms with van der Waals surface area (Å²) in [6.45, 7) is 5.77. The molecule has 0 aromatic rings. The van der Waals surface area contributed by atoms with Crippen LogP contribution in [0.5, 0.6) is 0 Å². The van der Waals surface area contributed by atoms with Gasteiger partial charge >= 0.3 is 0 Å². The van der Waals surface area contributed by atoms with Crippen molar-refractivity contribution in [2.75, 3.05) is 51.9 Å². The number of piperidine rings is 1. The number of rotatable bonds is 7. The number of nitrogens with zero attached hydrogens (tertiary/aromatic N) is 1. The first-order chi connectivity index (χ1) is 7.36. The quantitative estimate of drug-likeness (QED) is 0.524. The lowest BCUT2D eigenvalue weighted by Crippen LogP contribution is -2.36. The van der Waals surface area contributed by atoms with E-state index in [1.165, 1.54) is 25.9 Å². The number of ether oxygens (including phenoxy) is 2. The Morgan fingerprint density at radius 3 is 2.53 bits per heavy atom. The summed E-state index contributed by atoms with van der Waals surface area (Å²) in [5.74, 6) is 0.885. The fourth-order valence-electron chi connectivity index (χ4n) is 1.80. The molecule has 0 saturated carbocycles. The summed E-state index contributed by atoms with van der Waals surface area (Å²) in [6.07, 6.45) is 2.65. The molecule has 1 aliphatic rings. The van der Waals surface area contributed by atoms with Crippen LogP contribution in [0, 0.1) is 5.92 Å². The smallest absolute Gasteiger partial charge is 0.0700 e. The summed E-state index contributed by atoms with van der Waals surface area (Å²) in [6, 6.07) is 0. The second-order valence-electron chi connectivity index (χ2n) is 4.04. The molecule has 0 radical (unpaired) electrons. The van der Waals surface area contributed by atoms with Crippen LogP contribution in [0.4, 0.5) is 0 Å². The van der Waals surface area contributed by atoms with Crippen LogP contribution in [-0.2, 0) is 9.47 Å². The van der Waals surface area contributed by atoms with Gasteiger partial charge in [-0.3, -0.25) is 0 Å². The van der Waals surface area contributed by atoms with E-state index in [0.717, 1.165) is 24.4 Å². The van der Waals surface area contributed by atoms with Gasteiger partial charge in [0.05, 0.1) is 19.8 Å². The Labute approximate surface area is 101 Å². The Morgan fingerprint density at radius 1 is 1.20 bits per heavy atom. The monoisotopic (exact) mass is 279 g/mol. The Balaban J connectivity index is 1.94. The lowest BCUT2D eigenvalue weighted by atomic mass is 9.99. The van der Waals surface area contributed by atoms with Crippen molar-refractivity contribution in [2.45, 2.75) is 12.8 Å². The summed E-state index contributed by atoms with van der Waals surface area (Å²) < 4.78 is 10.4. The summed E-state index contributed by atoms with van der Waals surface area (Å²) in [4.78, 5) is 2.49. The average Bonchev–Trinajstić information content (AvgIpc) is 2.30. The molecule has 0 amide bonds. The number of hydrogen-bond acceptors (Lipinski definition) is 3. The molecule has 0 unspecified atom stereocenters. The van der Waals surface area contributed by atoms with Gasteiger partial charge in [-0.2, -0.15) is 0 Å². The topological polar surface area (TPSA) is 21.7 Å². The molecule has 0 bridgehead atoms. The molecule has 1 saturated heterocycles. The molecule has 1 aliphatic heterocycles. The van der Waals surface area contributed by atoms with Crippen molar-refractivity contribution < 1.29 is 9.47 Å². The molecule has 15 heavy (non-hydrogen) atoms. The zero-order valence-electron chi connectivity index (χ0n) is 9.58. The highest BCUT2D eigenvalue weighted by atomic mass is 79.9. The van der Waals surface area contributed by atoms with Crippen molar-refractivity contribution in [3.8, 4) is 0 Å². The van der Waals surface area contributed by atoms with Crippen LogP contribution in [0.25, 0.3) is 0 Å². The second-order valence-corrected chi connectivity index (χ2v) is 4.69. The summed E-state index contributed by atoms with van der Waals surface area (Å²) >= 11 is 3.55. The molecule has 0 aliphatic carbocycles. The molecule has 0 atom stereocenters. The van der Waals surface area contributed by atoms with Gasteiger partial charge in [-0.25, -0.2) is 0 Å². The lowest BCUT2D eigenvalue weighted by Gasteiger charge is -2.30. The van der Waals surface area contributed by atoms with Crippen molar-refractivity contribution in [3.63, 3.8) is 0 Å². The summed E-state index contributed by atoms with van der Waals surface area (Å²) in [5.41, 5.74) is 0. The fraction of sp³-hybridized carbons (Fsp3) is 1.00. The first-order valence-corrected chi connectivity index (χ1v) is 6.84. The molecular formula is C11H22BrNO2. The minimum absolute atomic E-state index is 0.700. The van der Waals surface area contributed by atoms with Gasteiger partial charge in [0.2, 0.25) is 0 Å². The van der Waals surface area contributed by atoms with Crippen LogP contribution in [0.1, 0.15) is 12.8 Å². The maximum Gasteiger partial charge on any atom is 0.0700 e. The molecule has 1 fully saturated rings. The molecular weight excluding hydrogens is 258 g/mol. The first kappa shape index (κ1) is 13.4. The van der Waals surface area contributed by atoms with E-state index in [1.807, 2.05) is 0 Å². The van der Waals surface area contributed by atoms with Gasteiger partial charge in [0.1, 0.15) is 0 Å². The highest BCUT2D eigenvalue weighted by Crippen LogP contribution is 2.18. The van der Waals surface area contributed by atoms with Crippen molar-refractivity contribution in [2.24, 2.45) is 5.92 Å². The van der Waals surface area contributed by atoms with Gasteiger partial charge in [-0.1, -0.05) is 15.9 Å². The molecule has 0 spiro atoms. The highest BCUT2D eigenvalue weighted by Gasteiger charge is 2.17. The minimum Gasteiger partial charge on any atom is -0.382 e. The Bertz CT molecular complexity index is 150. The normalized spacial score (nSPS) is 19.6. The van der Waals surface area contributed by atoms with Crippen LogP contribution in [-0.4, -0.2) is 56.8 Å². The predicted molar refractivity (Wildman–Crippen MR) is 65.7 cm³/mol. The standard InChI is InChI=1S/C11H22BrNO2/c1-14-8-9-15-7-6-13-4-2-11(10-12)3-5-13/h11H,2-10H2,1H3. The summed E-state index contributed by atoms with van der Waals surface area (Å²) in [7, 11) is 1.70. The third-order valence-electron chi connectivity index (χ3n) is 2.91. The third kappa shape index (κ3) is 5.85. The third-order valence-corrected chi connectivity index (χ3v) is 3.82. The molecule has 0 aromatic heterocycles. The maximum atomic E-state index is 5.45. The predicted octanol–water partition coefficient (Wildman–Crippen LogP) is 1.76. The van der Waals surface area contributed by atoms with Crippen LogP contribution in [0.15, 0.2) is 0 Å². The zero-order chi connectivity index (χ0) is 10.9. The van der Waals surface area contributed by atoms with Gasteiger partial charge in [0.15, 0.2) is 0 Å². The van der Waals surface area contributed by atoms with Crippen molar-refractivity contribution in [1.82, 2.24) is 4.90 Å². The van der Waals surface area contributed by atoms with E-state index in [2.05, 4.69) is 20.8 Å². The number of likely N-dealkylation sites (tertiary alicyclic amines) is 1. The van der Waals surface area contributed by atoms with E-state index in [-0.39, 0.29) is 0 Å². The molecule has 1 rings (SSSR count). The van der Waals surface area contributed by atoms with Crippen molar-refractivity contribution >= 4 is 15.9 Å². The molecule has 1 heterocycles. The van der Waals surface area contributed by atoms with Gasteiger partial charge in [-0.15, -0.1) is 0 Å². The van der Waals surface area contributed by atoms with E-state index in [9.17, 15) is 0 Å². The Morgan fingerprint density at radius 2 is 1.93 bits per heavy atom. The summed E-state index contributed by atoms with van der Waals surface area (Å²) in [5, 5.41) is 1.16. The number of methoxy groups -OCH3 is 1. The van der Waals surface area contributed by atoms with E-state index < -0.39 is 0 Å². The van der Waals surface area contributed by atoms with Crippen molar-refractivity contribution in [3.05, 3.63) is 0 Å². The largest absolute Gasteiger partial charge is 0.382 e. The zero-order valence-corrected chi connectivity index (χ0v) is 11.2.